The number of benzene rings is 1. The second-order valence-corrected chi connectivity index (χ2v) is 4.22. The third-order valence-electron chi connectivity index (χ3n) is 2.27. The van der Waals surface area contributed by atoms with Crippen LogP contribution in [-0.2, 0) is 4.74 Å². The average molecular weight is 254 g/mol. The Kier molecular flexibility index (Phi) is 5.30. The van der Waals surface area contributed by atoms with Crippen LogP contribution in [0, 0.1) is 5.92 Å². The van der Waals surface area contributed by atoms with Gasteiger partial charge >= 0.3 is 6.16 Å². The maximum absolute atomic E-state index is 11.3. The zero-order valence-corrected chi connectivity index (χ0v) is 10.8. The largest absolute Gasteiger partial charge is 0.513 e. The predicted octanol–water partition coefficient (Wildman–Crippen LogP) is 2.96. The van der Waals surface area contributed by atoms with Gasteiger partial charge in [0.05, 0.1) is 13.7 Å². The minimum atomic E-state index is -0.778. The van der Waals surface area contributed by atoms with Crippen LogP contribution >= 0.6 is 0 Å². The fraction of sp³-hybridized carbons (Fsp3) is 0.462. The monoisotopic (exact) mass is 254 g/mol. The van der Waals surface area contributed by atoms with E-state index in [2.05, 4.69) is 0 Å². The first-order chi connectivity index (χ1) is 8.52. The van der Waals surface area contributed by atoms with Crippen LogP contribution in [0.5, 0.6) is 17.2 Å². The molecule has 0 aliphatic carbocycles. The van der Waals surface area contributed by atoms with E-state index < -0.39 is 6.16 Å². The number of ether oxygens (including phenoxy) is 3. The van der Waals surface area contributed by atoms with E-state index in [-0.39, 0.29) is 11.5 Å². The van der Waals surface area contributed by atoms with Crippen LogP contribution in [0.3, 0.4) is 0 Å². The van der Waals surface area contributed by atoms with Gasteiger partial charge in [-0.25, -0.2) is 4.79 Å². The Morgan fingerprint density at radius 2 is 2.11 bits per heavy atom. The molecule has 0 heterocycles. The summed E-state index contributed by atoms with van der Waals surface area (Å²) in [4.78, 5) is 11.3. The Hall–Kier alpha value is -1.91. The second-order valence-electron chi connectivity index (χ2n) is 4.22. The summed E-state index contributed by atoms with van der Waals surface area (Å²) in [5.41, 5.74) is 0. The van der Waals surface area contributed by atoms with E-state index in [1.165, 1.54) is 25.3 Å². The van der Waals surface area contributed by atoms with Gasteiger partial charge in [0.2, 0.25) is 0 Å². The number of hydrogen-bond acceptors (Lipinski definition) is 5. The van der Waals surface area contributed by atoms with Gasteiger partial charge in [-0.15, -0.1) is 0 Å². The second kappa shape index (κ2) is 6.74. The Morgan fingerprint density at radius 1 is 1.39 bits per heavy atom. The van der Waals surface area contributed by atoms with Crippen molar-refractivity contribution in [2.45, 2.75) is 20.3 Å². The number of carbonyl (C=O) groups is 1. The highest BCUT2D eigenvalue weighted by Crippen LogP contribution is 2.29. The van der Waals surface area contributed by atoms with Crippen LogP contribution < -0.4 is 9.47 Å². The first-order valence-corrected chi connectivity index (χ1v) is 5.74. The smallest absolute Gasteiger partial charge is 0.504 e. The van der Waals surface area contributed by atoms with E-state index in [0.29, 0.717) is 18.3 Å². The Balaban J connectivity index is 2.47. The van der Waals surface area contributed by atoms with Gasteiger partial charge in [0, 0.05) is 6.07 Å². The van der Waals surface area contributed by atoms with E-state index >= 15 is 0 Å². The lowest BCUT2D eigenvalue weighted by Gasteiger charge is -2.08. The molecule has 5 heteroatoms. The lowest BCUT2D eigenvalue weighted by atomic mass is 10.1. The first kappa shape index (κ1) is 14.2. The molecule has 0 radical (unpaired) electrons. The molecule has 0 atom stereocenters. The molecule has 0 spiro atoms. The van der Waals surface area contributed by atoms with Gasteiger partial charge in [-0.05, 0) is 24.5 Å². The first-order valence-electron chi connectivity index (χ1n) is 5.74. The minimum absolute atomic E-state index is 0.0926. The number of phenolic OH excluding ortho intramolecular Hbond substituents is 1. The molecule has 0 saturated carbocycles. The maximum atomic E-state index is 11.3. The standard InChI is InChI=1S/C13H18O5/c1-9(2)6-7-17-13(15)18-10-4-5-12(16-3)11(14)8-10/h4-5,8-9,14H,6-7H2,1-3H3. The van der Waals surface area contributed by atoms with Crippen LogP contribution in [-0.4, -0.2) is 25.0 Å². The molecule has 1 N–H and O–H groups in total. The predicted molar refractivity (Wildman–Crippen MR) is 66.1 cm³/mol. The number of methoxy groups -OCH3 is 1. The number of rotatable bonds is 5. The molecule has 1 rings (SSSR count). The van der Waals surface area contributed by atoms with Crippen molar-refractivity contribution in [3.8, 4) is 17.2 Å². The quantitative estimate of drug-likeness (QED) is 0.646. The molecule has 0 unspecified atom stereocenters. The third kappa shape index (κ3) is 4.53. The zero-order chi connectivity index (χ0) is 13.5. The van der Waals surface area contributed by atoms with Crippen LogP contribution in [0.15, 0.2) is 18.2 Å². The lowest BCUT2D eigenvalue weighted by molar-refractivity contribution is 0.0948. The summed E-state index contributed by atoms with van der Waals surface area (Å²) in [6.45, 7) is 4.39. The van der Waals surface area contributed by atoms with Gasteiger partial charge in [-0.1, -0.05) is 13.8 Å². The molecule has 1 aromatic rings. The average Bonchev–Trinajstić information content (AvgIpc) is 2.28. The molecule has 0 aromatic heterocycles. The van der Waals surface area contributed by atoms with Crippen molar-refractivity contribution in [3.05, 3.63) is 18.2 Å². The van der Waals surface area contributed by atoms with Gasteiger partial charge in [-0.2, -0.15) is 0 Å². The summed E-state index contributed by atoms with van der Waals surface area (Å²) in [5.74, 6) is 0.895. The zero-order valence-electron chi connectivity index (χ0n) is 10.8. The molecular formula is C13H18O5. The van der Waals surface area contributed by atoms with Gasteiger partial charge in [0.15, 0.2) is 11.5 Å². The van der Waals surface area contributed by atoms with Gasteiger partial charge in [0.25, 0.3) is 0 Å². The fourth-order valence-corrected chi connectivity index (χ4v) is 1.24. The summed E-state index contributed by atoms with van der Waals surface area (Å²) in [6, 6.07) is 4.32. The summed E-state index contributed by atoms with van der Waals surface area (Å²) in [7, 11) is 1.44. The lowest BCUT2D eigenvalue weighted by Crippen LogP contribution is -2.12. The Bertz CT molecular complexity index is 400. The summed E-state index contributed by atoms with van der Waals surface area (Å²) in [5, 5.41) is 9.50. The molecule has 0 amide bonds. The Labute approximate surface area is 106 Å². The summed E-state index contributed by atoms with van der Waals surface area (Å²) < 4.78 is 14.7. The van der Waals surface area contributed by atoms with Gasteiger partial charge in [0.1, 0.15) is 5.75 Å². The van der Waals surface area contributed by atoms with Crippen molar-refractivity contribution in [2.75, 3.05) is 13.7 Å². The summed E-state index contributed by atoms with van der Waals surface area (Å²) >= 11 is 0. The third-order valence-corrected chi connectivity index (χ3v) is 2.27. The fourth-order valence-electron chi connectivity index (χ4n) is 1.24. The van der Waals surface area contributed by atoms with Crippen molar-refractivity contribution in [2.24, 2.45) is 5.92 Å². The minimum Gasteiger partial charge on any atom is -0.504 e. The molecule has 0 aliphatic rings. The van der Waals surface area contributed by atoms with Crippen molar-refractivity contribution in [1.82, 2.24) is 0 Å². The van der Waals surface area contributed by atoms with Crippen LogP contribution in [0.1, 0.15) is 20.3 Å². The molecule has 0 bridgehead atoms. The van der Waals surface area contributed by atoms with E-state index in [1.54, 1.807) is 0 Å². The van der Waals surface area contributed by atoms with E-state index in [4.69, 9.17) is 14.2 Å². The number of phenols is 1. The SMILES string of the molecule is COc1ccc(OC(=O)OCCC(C)C)cc1O. The van der Waals surface area contributed by atoms with Crippen LogP contribution in [0.25, 0.3) is 0 Å². The Morgan fingerprint density at radius 3 is 2.67 bits per heavy atom. The van der Waals surface area contributed by atoms with E-state index in [0.717, 1.165) is 6.42 Å². The van der Waals surface area contributed by atoms with Gasteiger partial charge in [-0.3, -0.25) is 0 Å². The highest BCUT2D eigenvalue weighted by molar-refractivity contribution is 5.64. The molecule has 5 nitrogen and oxygen atoms in total. The topological polar surface area (TPSA) is 65.0 Å². The van der Waals surface area contributed by atoms with E-state index in [9.17, 15) is 9.90 Å². The number of hydrogen-bond donors (Lipinski definition) is 1. The van der Waals surface area contributed by atoms with Crippen molar-refractivity contribution in [3.63, 3.8) is 0 Å². The van der Waals surface area contributed by atoms with Crippen molar-refractivity contribution < 1.29 is 24.1 Å². The molecule has 0 saturated heterocycles. The molecule has 100 valence electrons. The van der Waals surface area contributed by atoms with Crippen LogP contribution in [0.2, 0.25) is 0 Å². The number of carbonyl (C=O) groups excluding carboxylic acids is 1. The normalized spacial score (nSPS) is 10.2. The molecule has 0 aliphatic heterocycles. The van der Waals surface area contributed by atoms with Gasteiger partial charge < -0.3 is 19.3 Å². The maximum Gasteiger partial charge on any atom is 0.513 e. The summed E-state index contributed by atoms with van der Waals surface area (Å²) in [6.07, 6.45) is 0.00314. The molecule has 18 heavy (non-hydrogen) atoms. The highest BCUT2D eigenvalue weighted by atomic mass is 16.7. The van der Waals surface area contributed by atoms with E-state index in [1.807, 2.05) is 13.8 Å². The van der Waals surface area contributed by atoms with Crippen LogP contribution in [0.4, 0.5) is 4.79 Å². The van der Waals surface area contributed by atoms with Crippen molar-refractivity contribution in [1.29, 1.82) is 0 Å². The molecule has 0 fully saturated rings. The molecular weight excluding hydrogens is 236 g/mol. The van der Waals surface area contributed by atoms with Crippen molar-refractivity contribution >= 4 is 6.16 Å². The molecule has 1 aromatic carbocycles. The highest BCUT2D eigenvalue weighted by Gasteiger charge is 2.09. The number of aromatic hydroxyl groups is 1.